The van der Waals surface area contributed by atoms with Crippen molar-refractivity contribution < 1.29 is 9.59 Å². The van der Waals surface area contributed by atoms with Gasteiger partial charge in [-0.15, -0.1) is 0 Å². The Morgan fingerprint density at radius 1 is 1.32 bits per heavy atom. The molecule has 1 aromatic carbocycles. The van der Waals surface area contributed by atoms with Gasteiger partial charge < -0.3 is 10.2 Å². The molecule has 2 fully saturated rings. The Bertz CT molecular complexity index is 634. The number of carbonyl (C=O) groups is 2. The summed E-state index contributed by atoms with van der Waals surface area (Å²) in [4.78, 5) is 26.1. The molecule has 0 saturated carbocycles. The van der Waals surface area contributed by atoms with Crippen LogP contribution in [0.1, 0.15) is 32.3 Å². The van der Waals surface area contributed by atoms with Crippen molar-refractivity contribution in [3.05, 3.63) is 29.8 Å². The van der Waals surface area contributed by atoms with E-state index in [0.29, 0.717) is 18.9 Å². The molecule has 2 heterocycles. The summed E-state index contributed by atoms with van der Waals surface area (Å²) in [7, 11) is 0. The van der Waals surface area contributed by atoms with Gasteiger partial charge in [0.2, 0.25) is 11.8 Å². The molecule has 136 valence electrons. The zero-order valence-electron chi connectivity index (χ0n) is 14.6. The van der Waals surface area contributed by atoms with E-state index in [-0.39, 0.29) is 28.7 Å². The van der Waals surface area contributed by atoms with Gasteiger partial charge >= 0.3 is 0 Å². The lowest BCUT2D eigenvalue weighted by atomic mass is 9.99. The topological polar surface area (TPSA) is 73.5 Å². The van der Waals surface area contributed by atoms with Gasteiger partial charge in [0.25, 0.3) is 0 Å². The summed E-state index contributed by atoms with van der Waals surface area (Å²) < 4.78 is 0. The van der Waals surface area contributed by atoms with E-state index in [2.05, 4.69) is 45.9 Å². The van der Waals surface area contributed by atoms with Gasteiger partial charge in [0.05, 0.1) is 4.83 Å². The lowest BCUT2D eigenvalue weighted by molar-refractivity contribution is -0.123. The van der Waals surface area contributed by atoms with Crippen LogP contribution in [0.15, 0.2) is 24.3 Å². The Balaban J connectivity index is 1.53. The summed E-state index contributed by atoms with van der Waals surface area (Å²) >= 11 is 3.63. The molecule has 2 aliphatic heterocycles. The van der Waals surface area contributed by atoms with Crippen LogP contribution in [0.5, 0.6) is 0 Å². The molecule has 2 saturated heterocycles. The van der Waals surface area contributed by atoms with Crippen LogP contribution in [0.25, 0.3) is 0 Å². The number of halogens is 1. The number of benzene rings is 1. The highest BCUT2D eigenvalue weighted by Gasteiger charge is 2.39. The van der Waals surface area contributed by atoms with E-state index in [1.807, 2.05) is 29.2 Å². The minimum Gasteiger partial charge on any atom is -0.351 e. The Morgan fingerprint density at radius 2 is 2.04 bits per heavy atom. The van der Waals surface area contributed by atoms with Crippen molar-refractivity contribution in [3.63, 3.8) is 0 Å². The molecule has 0 aliphatic carbocycles. The molecule has 3 unspecified atom stereocenters. The van der Waals surface area contributed by atoms with Gasteiger partial charge in [0, 0.05) is 31.2 Å². The van der Waals surface area contributed by atoms with E-state index in [4.69, 9.17) is 0 Å². The molecule has 1 aromatic rings. The van der Waals surface area contributed by atoms with Crippen molar-refractivity contribution in [2.24, 2.45) is 5.92 Å². The van der Waals surface area contributed by atoms with Crippen molar-refractivity contribution >= 4 is 33.4 Å². The summed E-state index contributed by atoms with van der Waals surface area (Å²) in [5, 5.41) is 2.98. The maximum absolute atomic E-state index is 12.4. The summed E-state index contributed by atoms with van der Waals surface area (Å²) in [6.07, 6.45) is 1.55. The highest BCUT2D eigenvalue weighted by molar-refractivity contribution is 9.09. The Labute approximate surface area is 156 Å². The van der Waals surface area contributed by atoms with Gasteiger partial charge in [0.15, 0.2) is 0 Å². The number of nitrogens with zero attached hydrogens (tertiary/aromatic N) is 1. The fourth-order valence-corrected chi connectivity index (χ4v) is 4.43. The van der Waals surface area contributed by atoms with Crippen molar-refractivity contribution in [3.8, 4) is 0 Å². The zero-order chi connectivity index (χ0) is 18.0. The maximum atomic E-state index is 12.4. The summed E-state index contributed by atoms with van der Waals surface area (Å²) in [5.74, 6) is 0.579. The molecule has 0 aromatic heterocycles. The molecular weight excluding hydrogens is 384 g/mol. The zero-order valence-corrected chi connectivity index (χ0v) is 16.2. The first-order chi connectivity index (χ1) is 12.0. The van der Waals surface area contributed by atoms with Crippen LogP contribution in [-0.2, 0) is 16.1 Å². The molecular formula is C18H25BrN4O2. The van der Waals surface area contributed by atoms with E-state index in [1.54, 1.807) is 0 Å². The number of hydrogen-bond donors (Lipinski definition) is 3. The van der Waals surface area contributed by atoms with E-state index in [9.17, 15) is 9.59 Å². The van der Waals surface area contributed by atoms with E-state index < -0.39 is 0 Å². The van der Waals surface area contributed by atoms with Gasteiger partial charge in [-0.2, -0.15) is 0 Å². The van der Waals surface area contributed by atoms with Gasteiger partial charge in [0.1, 0.15) is 6.04 Å². The minimum atomic E-state index is -0.297. The highest BCUT2D eigenvalue weighted by atomic mass is 79.9. The molecule has 0 spiro atoms. The number of carbonyl (C=O) groups excluding carboxylic acids is 2. The van der Waals surface area contributed by atoms with Gasteiger partial charge in [-0.1, -0.05) is 41.9 Å². The third-order valence-corrected chi connectivity index (χ3v) is 5.95. The monoisotopic (exact) mass is 408 g/mol. The second kappa shape index (κ2) is 7.85. The Morgan fingerprint density at radius 3 is 2.60 bits per heavy atom. The molecule has 25 heavy (non-hydrogen) atoms. The predicted molar refractivity (Wildman–Crippen MR) is 101 cm³/mol. The van der Waals surface area contributed by atoms with Crippen LogP contribution in [0, 0.1) is 5.92 Å². The van der Waals surface area contributed by atoms with Crippen LogP contribution in [0.2, 0.25) is 0 Å². The number of rotatable bonds is 5. The first kappa shape index (κ1) is 18.4. The fourth-order valence-electron chi connectivity index (χ4n) is 3.31. The minimum absolute atomic E-state index is 0.0312. The highest BCUT2D eigenvalue weighted by Crippen LogP contribution is 2.23. The normalized spacial score (nSPS) is 26.5. The summed E-state index contributed by atoms with van der Waals surface area (Å²) in [6, 6.07) is 7.74. The smallest absolute Gasteiger partial charge is 0.239 e. The lowest BCUT2D eigenvalue weighted by Gasteiger charge is -2.19. The molecule has 0 bridgehead atoms. The van der Waals surface area contributed by atoms with Crippen LogP contribution in [0.3, 0.4) is 0 Å². The van der Waals surface area contributed by atoms with Crippen molar-refractivity contribution in [1.82, 2.24) is 16.2 Å². The van der Waals surface area contributed by atoms with Gasteiger partial charge in [-0.3, -0.25) is 15.0 Å². The third-order valence-electron chi connectivity index (χ3n) is 4.86. The second-order valence-corrected chi connectivity index (χ2v) is 8.07. The standard InChI is InChI=1S/C18H25BrN4O2/c1-11(2)16-15(19)17(22-21-16)18(25)20-10-12-5-7-13(8-6-12)23-9-3-4-14(23)24/h5-8,11,15-17,21-22H,3-4,9-10H2,1-2H3,(H,20,25). The van der Waals surface area contributed by atoms with E-state index in [1.165, 1.54) is 0 Å². The third kappa shape index (κ3) is 4.04. The Kier molecular flexibility index (Phi) is 5.76. The average Bonchev–Trinajstić information content (AvgIpc) is 3.19. The summed E-state index contributed by atoms with van der Waals surface area (Å²) in [5.41, 5.74) is 8.20. The number of nitrogens with one attached hydrogen (secondary N) is 3. The average molecular weight is 409 g/mol. The molecule has 7 heteroatoms. The predicted octanol–water partition coefficient (Wildman–Crippen LogP) is 1.69. The molecule has 2 amide bonds. The van der Waals surface area contributed by atoms with Crippen molar-refractivity contribution in [2.45, 2.75) is 50.1 Å². The first-order valence-corrected chi connectivity index (χ1v) is 9.71. The lowest BCUT2D eigenvalue weighted by Crippen LogP contribution is -2.45. The fraction of sp³-hybridized carbons (Fsp3) is 0.556. The Hall–Kier alpha value is -1.44. The second-order valence-electron chi connectivity index (χ2n) is 7.01. The molecule has 6 nitrogen and oxygen atoms in total. The number of amides is 2. The number of hydrogen-bond acceptors (Lipinski definition) is 4. The van der Waals surface area contributed by atoms with Crippen LogP contribution < -0.4 is 21.1 Å². The van der Waals surface area contributed by atoms with Crippen LogP contribution in [-0.4, -0.2) is 35.3 Å². The van der Waals surface area contributed by atoms with Gasteiger partial charge in [-0.25, -0.2) is 5.43 Å². The van der Waals surface area contributed by atoms with E-state index in [0.717, 1.165) is 24.2 Å². The number of hydrazine groups is 1. The maximum Gasteiger partial charge on any atom is 0.239 e. The van der Waals surface area contributed by atoms with Crippen LogP contribution >= 0.6 is 15.9 Å². The first-order valence-electron chi connectivity index (χ1n) is 8.79. The molecule has 2 aliphatic rings. The van der Waals surface area contributed by atoms with Crippen molar-refractivity contribution in [1.29, 1.82) is 0 Å². The van der Waals surface area contributed by atoms with E-state index >= 15 is 0 Å². The number of alkyl halides is 1. The molecule has 3 N–H and O–H groups in total. The van der Waals surface area contributed by atoms with Gasteiger partial charge in [-0.05, 0) is 30.0 Å². The molecule has 3 rings (SSSR count). The molecule has 0 radical (unpaired) electrons. The van der Waals surface area contributed by atoms with Crippen molar-refractivity contribution in [2.75, 3.05) is 11.4 Å². The summed E-state index contributed by atoms with van der Waals surface area (Å²) in [6.45, 7) is 5.51. The van der Waals surface area contributed by atoms with Crippen LogP contribution in [0.4, 0.5) is 5.69 Å². The quantitative estimate of drug-likeness (QED) is 0.648. The molecule has 3 atom stereocenters. The largest absolute Gasteiger partial charge is 0.351 e. The SMILES string of the molecule is CC(C)C1NNC(C(=O)NCc2ccc(N3CCCC3=O)cc2)C1Br. The number of anilines is 1.